The van der Waals surface area contributed by atoms with Crippen LogP contribution in [0.4, 0.5) is 5.82 Å². The second kappa shape index (κ2) is 4.97. The van der Waals surface area contributed by atoms with Gasteiger partial charge in [-0.2, -0.15) is 0 Å². The Balaban J connectivity index is 2.09. The number of anilines is 1. The summed E-state index contributed by atoms with van der Waals surface area (Å²) < 4.78 is 0. The molecule has 1 aromatic rings. The molecule has 0 spiro atoms. The van der Waals surface area contributed by atoms with E-state index in [0.29, 0.717) is 11.2 Å². The lowest BCUT2D eigenvalue weighted by molar-refractivity contribution is 0.247. The van der Waals surface area contributed by atoms with Crippen molar-refractivity contribution in [2.24, 2.45) is 0 Å². The zero-order chi connectivity index (χ0) is 11.5. The number of nitrogens with zero attached hydrogens (tertiary/aromatic N) is 4. The van der Waals surface area contributed by atoms with Crippen LogP contribution >= 0.6 is 11.6 Å². The number of likely N-dealkylation sites (tertiary alicyclic amines) is 1. The summed E-state index contributed by atoms with van der Waals surface area (Å²) in [5, 5.41) is 0.452. The highest BCUT2D eigenvalue weighted by Crippen LogP contribution is 2.19. The van der Waals surface area contributed by atoms with E-state index in [9.17, 15) is 0 Å². The Bertz CT molecular complexity index is 358. The first-order valence-electron chi connectivity index (χ1n) is 5.56. The molecular formula is C11H17ClN4. The third-order valence-electron chi connectivity index (χ3n) is 3.10. The number of piperidine rings is 1. The van der Waals surface area contributed by atoms with Gasteiger partial charge in [0.2, 0.25) is 0 Å². The van der Waals surface area contributed by atoms with Crippen LogP contribution in [0.25, 0.3) is 0 Å². The van der Waals surface area contributed by atoms with Gasteiger partial charge in [-0.1, -0.05) is 11.6 Å². The van der Waals surface area contributed by atoms with Crippen molar-refractivity contribution in [2.75, 3.05) is 32.1 Å². The molecule has 1 saturated heterocycles. The Kier molecular flexibility index (Phi) is 3.61. The van der Waals surface area contributed by atoms with E-state index in [1.54, 1.807) is 12.4 Å². The van der Waals surface area contributed by atoms with Crippen LogP contribution in [0.3, 0.4) is 0 Å². The molecule has 0 aliphatic carbocycles. The zero-order valence-electron chi connectivity index (χ0n) is 9.73. The van der Waals surface area contributed by atoms with E-state index in [0.717, 1.165) is 12.4 Å². The summed E-state index contributed by atoms with van der Waals surface area (Å²) in [6, 6.07) is 0.506. The number of hydrogen-bond acceptors (Lipinski definition) is 4. The number of hydrogen-bond donors (Lipinski definition) is 0. The van der Waals surface area contributed by atoms with Crippen LogP contribution in [0.2, 0.25) is 5.15 Å². The smallest absolute Gasteiger partial charge is 0.149 e. The predicted octanol–water partition coefficient (Wildman–Crippen LogP) is 1.66. The average Bonchev–Trinajstić information content (AvgIpc) is 2.28. The maximum atomic E-state index is 5.85. The van der Waals surface area contributed by atoms with E-state index in [-0.39, 0.29) is 0 Å². The summed E-state index contributed by atoms with van der Waals surface area (Å²) in [7, 11) is 4.22. The molecule has 1 aromatic heterocycles. The van der Waals surface area contributed by atoms with Gasteiger partial charge in [0, 0.05) is 19.6 Å². The molecular weight excluding hydrogens is 224 g/mol. The molecule has 2 rings (SSSR count). The molecule has 0 saturated carbocycles. The number of halogens is 1. The van der Waals surface area contributed by atoms with E-state index in [2.05, 4.69) is 33.9 Å². The van der Waals surface area contributed by atoms with Crippen LogP contribution in [0.1, 0.15) is 12.8 Å². The molecule has 1 fully saturated rings. The van der Waals surface area contributed by atoms with Gasteiger partial charge in [0.15, 0.2) is 0 Å². The molecule has 0 N–H and O–H groups in total. The zero-order valence-corrected chi connectivity index (χ0v) is 10.5. The van der Waals surface area contributed by atoms with E-state index in [1.165, 1.54) is 19.4 Å². The lowest BCUT2D eigenvalue weighted by atomic mass is 10.1. The van der Waals surface area contributed by atoms with Crippen LogP contribution in [0, 0.1) is 0 Å². The maximum Gasteiger partial charge on any atom is 0.149 e. The molecule has 16 heavy (non-hydrogen) atoms. The Labute approximate surface area is 101 Å². The van der Waals surface area contributed by atoms with E-state index < -0.39 is 0 Å². The third-order valence-corrected chi connectivity index (χ3v) is 3.28. The van der Waals surface area contributed by atoms with Gasteiger partial charge >= 0.3 is 0 Å². The van der Waals surface area contributed by atoms with E-state index in [4.69, 9.17) is 11.6 Å². The fraction of sp³-hybridized carbons (Fsp3) is 0.636. The summed E-state index contributed by atoms with van der Waals surface area (Å²) in [5.41, 5.74) is 0. The van der Waals surface area contributed by atoms with Gasteiger partial charge in [0.05, 0.1) is 12.4 Å². The first-order chi connectivity index (χ1) is 7.66. The largest absolute Gasteiger partial charge is 0.354 e. The predicted molar refractivity (Wildman–Crippen MR) is 66.0 cm³/mol. The molecule has 0 aromatic carbocycles. The van der Waals surface area contributed by atoms with Crippen molar-refractivity contribution < 1.29 is 0 Å². The molecule has 0 radical (unpaired) electrons. The normalized spacial score (nSPS) is 22.1. The minimum absolute atomic E-state index is 0.452. The van der Waals surface area contributed by atoms with Gasteiger partial charge in [-0.25, -0.2) is 4.98 Å². The monoisotopic (exact) mass is 240 g/mol. The average molecular weight is 241 g/mol. The highest BCUT2D eigenvalue weighted by Gasteiger charge is 2.22. The summed E-state index contributed by atoms with van der Waals surface area (Å²) in [4.78, 5) is 12.9. The van der Waals surface area contributed by atoms with E-state index in [1.807, 2.05) is 0 Å². The van der Waals surface area contributed by atoms with Crippen molar-refractivity contribution >= 4 is 17.4 Å². The van der Waals surface area contributed by atoms with Gasteiger partial charge in [-0.05, 0) is 26.4 Å². The molecule has 1 unspecified atom stereocenters. The summed E-state index contributed by atoms with van der Waals surface area (Å²) >= 11 is 5.85. The molecule has 1 atom stereocenters. The van der Waals surface area contributed by atoms with Crippen LogP contribution in [-0.2, 0) is 0 Å². The highest BCUT2D eigenvalue weighted by atomic mass is 35.5. The number of likely N-dealkylation sites (N-methyl/N-ethyl adjacent to an activating group) is 2. The lowest BCUT2D eigenvalue weighted by Crippen LogP contribution is -2.45. The summed E-state index contributed by atoms with van der Waals surface area (Å²) in [6.07, 6.45) is 5.76. The summed E-state index contributed by atoms with van der Waals surface area (Å²) in [5.74, 6) is 0.854. The first kappa shape index (κ1) is 11.6. The molecule has 2 heterocycles. The van der Waals surface area contributed by atoms with Crippen molar-refractivity contribution in [1.29, 1.82) is 0 Å². The minimum atomic E-state index is 0.452. The van der Waals surface area contributed by atoms with Gasteiger partial charge in [0.25, 0.3) is 0 Å². The molecule has 4 nitrogen and oxygen atoms in total. The summed E-state index contributed by atoms with van der Waals surface area (Å²) in [6.45, 7) is 2.26. The standard InChI is InChI=1S/C11H17ClN4/c1-15-5-3-4-9(8-15)16(2)11-7-13-6-10(12)14-11/h6-7,9H,3-5,8H2,1-2H3. The lowest BCUT2D eigenvalue weighted by Gasteiger charge is -2.36. The topological polar surface area (TPSA) is 32.3 Å². The fourth-order valence-electron chi connectivity index (χ4n) is 2.14. The van der Waals surface area contributed by atoms with Crippen LogP contribution in [0.15, 0.2) is 12.4 Å². The Morgan fingerprint density at radius 1 is 1.50 bits per heavy atom. The molecule has 0 bridgehead atoms. The van der Waals surface area contributed by atoms with Crippen LogP contribution in [0.5, 0.6) is 0 Å². The SMILES string of the molecule is CN1CCCC(N(C)c2cncc(Cl)n2)C1. The molecule has 88 valence electrons. The van der Waals surface area contributed by atoms with Crippen molar-refractivity contribution in [3.63, 3.8) is 0 Å². The minimum Gasteiger partial charge on any atom is -0.354 e. The van der Waals surface area contributed by atoms with Gasteiger partial charge in [-0.15, -0.1) is 0 Å². The van der Waals surface area contributed by atoms with Gasteiger partial charge in [-0.3, -0.25) is 4.98 Å². The quantitative estimate of drug-likeness (QED) is 0.787. The third kappa shape index (κ3) is 2.62. The number of aromatic nitrogens is 2. The number of rotatable bonds is 2. The molecule has 1 aliphatic rings. The van der Waals surface area contributed by atoms with Crippen LogP contribution < -0.4 is 4.90 Å². The second-order valence-corrected chi connectivity index (χ2v) is 4.76. The Morgan fingerprint density at radius 2 is 2.31 bits per heavy atom. The molecule has 1 aliphatic heterocycles. The van der Waals surface area contributed by atoms with Crippen molar-refractivity contribution in [3.8, 4) is 0 Å². The van der Waals surface area contributed by atoms with Crippen molar-refractivity contribution in [3.05, 3.63) is 17.5 Å². The van der Waals surface area contributed by atoms with Gasteiger partial charge < -0.3 is 9.80 Å². The Morgan fingerprint density at radius 3 is 3.00 bits per heavy atom. The van der Waals surface area contributed by atoms with E-state index >= 15 is 0 Å². The Hall–Kier alpha value is -0.870. The van der Waals surface area contributed by atoms with Crippen molar-refractivity contribution in [1.82, 2.24) is 14.9 Å². The second-order valence-electron chi connectivity index (χ2n) is 4.37. The maximum absolute atomic E-state index is 5.85. The molecule has 0 amide bonds. The molecule has 5 heteroatoms. The highest BCUT2D eigenvalue weighted by molar-refractivity contribution is 6.29. The first-order valence-corrected chi connectivity index (χ1v) is 5.93. The van der Waals surface area contributed by atoms with Gasteiger partial charge in [0.1, 0.15) is 11.0 Å². The fourth-order valence-corrected chi connectivity index (χ4v) is 2.29. The van der Waals surface area contributed by atoms with Crippen LogP contribution in [-0.4, -0.2) is 48.1 Å². The van der Waals surface area contributed by atoms with Crippen molar-refractivity contribution in [2.45, 2.75) is 18.9 Å².